The molecular formula is C23H16ClN5O2S. The van der Waals surface area contributed by atoms with Crippen molar-refractivity contribution in [2.24, 2.45) is 0 Å². The zero-order valence-electron chi connectivity index (χ0n) is 16.9. The van der Waals surface area contributed by atoms with Crippen LogP contribution in [-0.2, 0) is 5.88 Å². The first-order valence-electron chi connectivity index (χ1n) is 9.76. The predicted molar refractivity (Wildman–Crippen MR) is 127 cm³/mol. The van der Waals surface area contributed by atoms with Gasteiger partial charge in [-0.2, -0.15) is 4.68 Å². The van der Waals surface area contributed by atoms with E-state index in [0.717, 1.165) is 11.3 Å². The van der Waals surface area contributed by atoms with Crippen LogP contribution in [0, 0.1) is 6.92 Å². The summed E-state index contributed by atoms with van der Waals surface area (Å²) in [6.45, 7) is 1.93. The molecule has 0 spiro atoms. The maximum Gasteiger partial charge on any atom is 0.278 e. The van der Waals surface area contributed by atoms with Crippen LogP contribution in [0.15, 0.2) is 81.5 Å². The Hall–Kier alpha value is -3.49. The fourth-order valence-corrected chi connectivity index (χ4v) is 4.54. The Labute approximate surface area is 191 Å². The van der Waals surface area contributed by atoms with Crippen molar-refractivity contribution in [2.75, 3.05) is 0 Å². The number of halogens is 1. The Balaban J connectivity index is 1.65. The van der Waals surface area contributed by atoms with Gasteiger partial charge in [-0.1, -0.05) is 58.9 Å². The summed E-state index contributed by atoms with van der Waals surface area (Å²) in [7, 11) is 0. The molecule has 7 nitrogen and oxygen atoms in total. The van der Waals surface area contributed by atoms with Crippen molar-refractivity contribution >= 4 is 45.2 Å². The predicted octanol–water partition coefficient (Wildman–Crippen LogP) is 4.20. The zero-order chi connectivity index (χ0) is 22.2. The van der Waals surface area contributed by atoms with Gasteiger partial charge in [-0.05, 0) is 48.9 Å². The Morgan fingerprint density at radius 1 is 0.906 bits per heavy atom. The van der Waals surface area contributed by atoms with E-state index < -0.39 is 0 Å². The molecule has 0 amide bonds. The molecule has 158 valence electrons. The monoisotopic (exact) mass is 461 g/mol. The van der Waals surface area contributed by atoms with Crippen molar-refractivity contribution in [3.8, 4) is 5.69 Å². The van der Waals surface area contributed by atoms with E-state index in [0.29, 0.717) is 32.0 Å². The summed E-state index contributed by atoms with van der Waals surface area (Å²) in [5.74, 6) is 0.140. The van der Waals surface area contributed by atoms with Crippen molar-refractivity contribution < 1.29 is 0 Å². The van der Waals surface area contributed by atoms with E-state index in [1.807, 2.05) is 31.2 Å². The average Bonchev–Trinajstić information content (AvgIpc) is 2.79. The Kier molecular flexibility index (Phi) is 5.24. The molecule has 0 N–H and O–H groups in total. The summed E-state index contributed by atoms with van der Waals surface area (Å²) < 4.78 is 2.83. The van der Waals surface area contributed by atoms with Gasteiger partial charge >= 0.3 is 0 Å². The van der Waals surface area contributed by atoms with Crippen molar-refractivity contribution in [3.63, 3.8) is 0 Å². The van der Waals surface area contributed by atoms with Crippen LogP contribution in [0.2, 0.25) is 5.02 Å². The molecule has 32 heavy (non-hydrogen) atoms. The molecule has 0 saturated heterocycles. The highest BCUT2D eigenvalue weighted by molar-refractivity contribution is 7.98. The lowest BCUT2D eigenvalue weighted by molar-refractivity contribution is 0.642. The van der Waals surface area contributed by atoms with Gasteiger partial charge in [-0.25, -0.2) is 4.98 Å². The molecule has 0 fully saturated rings. The number of para-hydroxylation sites is 1. The van der Waals surface area contributed by atoms with E-state index in [4.69, 9.17) is 16.6 Å². The van der Waals surface area contributed by atoms with Crippen molar-refractivity contribution in [1.29, 1.82) is 0 Å². The number of hydrogen-bond donors (Lipinski definition) is 0. The first-order chi connectivity index (χ1) is 15.5. The summed E-state index contributed by atoms with van der Waals surface area (Å²) >= 11 is 7.37. The van der Waals surface area contributed by atoms with Crippen LogP contribution >= 0.6 is 23.4 Å². The molecule has 0 aliphatic heterocycles. The van der Waals surface area contributed by atoms with E-state index in [1.165, 1.54) is 16.4 Å². The summed E-state index contributed by atoms with van der Waals surface area (Å²) in [4.78, 5) is 31.0. The maximum absolute atomic E-state index is 13.4. The second-order valence-corrected chi connectivity index (χ2v) is 8.52. The van der Waals surface area contributed by atoms with E-state index in [2.05, 4.69) is 10.3 Å². The first kappa shape index (κ1) is 20.4. The molecule has 0 aliphatic carbocycles. The summed E-state index contributed by atoms with van der Waals surface area (Å²) in [6.07, 6.45) is 0. The van der Waals surface area contributed by atoms with Crippen LogP contribution in [0.4, 0.5) is 0 Å². The van der Waals surface area contributed by atoms with Crippen molar-refractivity contribution in [1.82, 2.24) is 24.5 Å². The quantitative estimate of drug-likeness (QED) is 0.294. The third kappa shape index (κ3) is 3.57. The summed E-state index contributed by atoms with van der Waals surface area (Å²) in [5.41, 5.74) is 2.22. The largest absolute Gasteiger partial charge is 0.278 e. The molecule has 5 aromatic rings. The van der Waals surface area contributed by atoms with Crippen LogP contribution in [0.25, 0.3) is 27.5 Å². The van der Waals surface area contributed by atoms with E-state index in [1.54, 1.807) is 47.0 Å². The second kappa shape index (κ2) is 8.22. The van der Waals surface area contributed by atoms with Gasteiger partial charge in [0.25, 0.3) is 11.1 Å². The number of benzene rings is 3. The topological polar surface area (TPSA) is 82.7 Å². The maximum atomic E-state index is 13.4. The van der Waals surface area contributed by atoms with Gasteiger partial charge in [0.05, 0.1) is 27.9 Å². The van der Waals surface area contributed by atoms with Crippen LogP contribution in [0.5, 0.6) is 0 Å². The number of aryl methyl sites for hydroxylation is 1. The third-order valence-corrected chi connectivity index (χ3v) is 6.24. The number of nitrogens with zero attached hydrogens (tertiary/aromatic N) is 5. The molecule has 2 aromatic heterocycles. The summed E-state index contributed by atoms with van der Waals surface area (Å²) in [6, 6.07) is 19.6. The minimum Gasteiger partial charge on any atom is -0.268 e. The Morgan fingerprint density at radius 3 is 2.50 bits per heavy atom. The van der Waals surface area contributed by atoms with Gasteiger partial charge in [-0.3, -0.25) is 14.2 Å². The molecular weight excluding hydrogens is 446 g/mol. The van der Waals surface area contributed by atoms with Gasteiger partial charge in [0.2, 0.25) is 0 Å². The molecule has 3 aromatic carbocycles. The lowest BCUT2D eigenvalue weighted by Gasteiger charge is -2.15. The molecule has 9 heteroatoms. The minimum absolute atomic E-state index is 0.140. The first-order valence-corrected chi connectivity index (χ1v) is 11.1. The second-order valence-electron chi connectivity index (χ2n) is 7.17. The molecule has 0 unspecified atom stereocenters. The van der Waals surface area contributed by atoms with Gasteiger partial charge in [0.15, 0.2) is 5.16 Å². The minimum atomic E-state index is -0.253. The van der Waals surface area contributed by atoms with Gasteiger partial charge in [0, 0.05) is 5.02 Å². The Morgan fingerprint density at radius 2 is 1.66 bits per heavy atom. The standard InChI is InChI=1S/C23H16ClN5O2S/c1-14-6-2-5-9-20(14)29-22(31)17-11-10-15(24)12-19(17)25-23(29)32-13-28-21(30)16-7-3-4-8-18(16)26-27-28/h2-12H,13H2,1H3. The molecule has 2 heterocycles. The average molecular weight is 462 g/mol. The molecule has 5 rings (SSSR count). The smallest absolute Gasteiger partial charge is 0.268 e. The highest BCUT2D eigenvalue weighted by Gasteiger charge is 2.16. The lowest BCUT2D eigenvalue weighted by Crippen LogP contribution is -2.25. The van der Waals surface area contributed by atoms with Crippen molar-refractivity contribution in [3.05, 3.63) is 98.0 Å². The number of rotatable bonds is 4. The van der Waals surface area contributed by atoms with E-state index in [-0.39, 0.29) is 17.0 Å². The SMILES string of the molecule is Cc1ccccc1-n1c(SCn2nnc3ccccc3c2=O)nc2cc(Cl)ccc2c1=O. The van der Waals surface area contributed by atoms with Crippen molar-refractivity contribution in [2.45, 2.75) is 18.0 Å². The van der Waals surface area contributed by atoms with E-state index >= 15 is 0 Å². The Bertz CT molecular complexity index is 1610. The molecule has 0 saturated carbocycles. The molecule has 0 radical (unpaired) electrons. The van der Waals surface area contributed by atoms with Gasteiger partial charge in [0.1, 0.15) is 5.52 Å². The molecule has 0 atom stereocenters. The van der Waals surface area contributed by atoms with E-state index in [9.17, 15) is 9.59 Å². The van der Waals surface area contributed by atoms with Crippen LogP contribution < -0.4 is 11.1 Å². The van der Waals surface area contributed by atoms with Crippen LogP contribution in [0.1, 0.15) is 5.56 Å². The third-order valence-electron chi connectivity index (χ3n) is 5.10. The highest BCUT2D eigenvalue weighted by atomic mass is 35.5. The zero-order valence-corrected chi connectivity index (χ0v) is 18.5. The van der Waals surface area contributed by atoms with Gasteiger partial charge < -0.3 is 0 Å². The number of thioether (sulfide) groups is 1. The van der Waals surface area contributed by atoms with Crippen LogP contribution in [0.3, 0.4) is 0 Å². The molecule has 0 bridgehead atoms. The highest BCUT2D eigenvalue weighted by Crippen LogP contribution is 2.25. The van der Waals surface area contributed by atoms with Gasteiger partial charge in [-0.15, -0.1) is 5.10 Å². The fraction of sp³-hybridized carbons (Fsp3) is 0.0870. The molecule has 0 aliphatic rings. The number of hydrogen-bond acceptors (Lipinski definition) is 6. The normalized spacial score (nSPS) is 11.3. The number of fused-ring (bicyclic) bond motifs is 2. The lowest BCUT2D eigenvalue weighted by atomic mass is 10.2. The van der Waals surface area contributed by atoms with Crippen LogP contribution in [-0.4, -0.2) is 24.5 Å². The number of aromatic nitrogens is 5. The summed E-state index contributed by atoms with van der Waals surface area (Å²) in [5, 5.41) is 10.0. The fourth-order valence-electron chi connectivity index (χ4n) is 3.49.